The maximum atomic E-state index is 13.0. The molecule has 0 spiro atoms. The van der Waals surface area contributed by atoms with Crippen molar-refractivity contribution in [2.24, 2.45) is 7.05 Å². The Morgan fingerprint density at radius 2 is 1.78 bits per heavy atom. The summed E-state index contributed by atoms with van der Waals surface area (Å²) in [6, 6.07) is 16.0. The van der Waals surface area contributed by atoms with Gasteiger partial charge in [-0.2, -0.15) is 0 Å². The van der Waals surface area contributed by atoms with Gasteiger partial charge in [0.1, 0.15) is 0 Å². The second kappa shape index (κ2) is 6.87. The van der Waals surface area contributed by atoms with E-state index in [0.29, 0.717) is 9.23 Å². The van der Waals surface area contributed by atoms with Crippen molar-refractivity contribution >= 4 is 62.6 Å². The van der Waals surface area contributed by atoms with E-state index in [1.54, 1.807) is 4.90 Å². The molecule has 27 heavy (non-hydrogen) atoms. The van der Waals surface area contributed by atoms with Crippen LogP contribution in [0.3, 0.4) is 0 Å². The predicted octanol–water partition coefficient (Wildman–Crippen LogP) is 4.65. The molecule has 4 rings (SSSR count). The number of hydrogen-bond donors (Lipinski definition) is 0. The van der Waals surface area contributed by atoms with E-state index in [-0.39, 0.29) is 5.91 Å². The van der Waals surface area contributed by atoms with Crippen molar-refractivity contribution in [2.75, 3.05) is 23.9 Å². The maximum absolute atomic E-state index is 13.0. The first-order valence-electron chi connectivity index (χ1n) is 8.55. The Morgan fingerprint density at radius 1 is 1.07 bits per heavy atom. The van der Waals surface area contributed by atoms with E-state index in [9.17, 15) is 4.79 Å². The number of carbonyl (C=O) groups excluding carboxylic acids is 1. The number of rotatable bonds is 3. The number of hydrogen-bond acceptors (Lipinski definition) is 4. The molecule has 0 unspecified atom stereocenters. The van der Waals surface area contributed by atoms with Gasteiger partial charge in [0.05, 0.1) is 10.6 Å². The molecule has 1 fully saturated rings. The van der Waals surface area contributed by atoms with Crippen molar-refractivity contribution in [3.63, 3.8) is 0 Å². The molecule has 1 aromatic heterocycles. The Kier molecular flexibility index (Phi) is 4.53. The van der Waals surface area contributed by atoms with Crippen LogP contribution in [0.25, 0.3) is 17.0 Å². The van der Waals surface area contributed by atoms with Gasteiger partial charge in [-0.3, -0.25) is 9.69 Å². The van der Waals surface area contributed by atoms with E-state index in [1.807, 2.05) is 74.7 Å². The molecule has 2 aromatic carbocycles. The molecule has 0 radical (unpaired) electrons. The number of thioether (sulfide) groups is 1. The molecule has 1 saturated heterocycles. The Bertz CT molecular complexity index is 1080. The average Bonchev–Trinajstić information content (AvgIpc) is 3.12. The summed E-state index contributed by atoms with van der Waals surface area (Å²) in [4.78, 5) is 17.3. The van der Waals surface area contributed by atoms with E-state index >= 15 is 0 Å². The van der Waals surface area contributed by atoms with Gasteiger partial charge < -0.3 is 9.47 Å². The van der Waals surface area contributed by atoms with Gasteiger partial charge in [-0.25, -0.2) is 0 Å². The highest BCUT2D eigenvalue weighted by Crippen LogP contribution is 2.37. The van der Waals surface area contributed by atoms with Crippen LogP contribution in [-0.2, 0) is 11.8 Å². The molecular formula is C21H19N3OS2. The number of nitrogens with zero attached hydrogens (tertiary/aromatic N) is 3. The number of benzene rings is 2. The van der Waals surface area contributed by atoms with Crippen LogP contribution < -0.4 is 9.80 Å². The summed E-state index contributed by atoms with van der Waals surface area (Å²) in [7, 11) is 5.99. The van der Waals surface area contributed by atoms with Crippen LogP contribution in [0.2, 0.25) is 0 Å². The fourth-order valence-corrected chi connectivity index (χ4v) is 4.51. The van der Waals surface area contributed by atoms with Crippen LogP contribution in [0.4, 0.5) is 11.4 Å². The minimum Gasteiger partial charge on any atom is -0.378 e. The van der Waals surface area contributed by atoms with E-state index in [0.717, 1.165) is 27.8 Å². The van der Waals surface area contributed by atoms with Crippen molar-refractivity contribution < 1.29 is 4.79 Å². The van der Waals surface area contributed by atoms with Gasteiger partial charge in [0.15, 0.2) is 4.32 Å². The van der Waals surface area contributed by atoms with Crippen LogP contribution in [-0.4, -0.2) is 28.9 Å². The second-order valence-electron chi connectivity index (χ2n) is 6.64. The molecule has 0 bridgehead atoms. The van der Waals surface area contributed by atoms with E-state index in [1.165, 1.54) is 11.8 Å². The molecule has 0 atom stereocenters. The molecule has 1 amide bonds. The molecule has 2 heterocycles. The zero-order chi connectivity index (χ0) is 19.1. The predicted molar refractivity (Wildman–Crippen MR) is 119 cm³/mol. The fourth-order valence-electron chi connectivity index (χ4n) is 3.22. The van der Waals surface area contributed by atoms with Crippen LogP contribution >= 0.6 is 24.0 Å². The number of aryl methyl sites for hydroxylation is 1. The zero-order valence-corrected chi connectivity index (χ0v) is 17.0. The molecule has 0 aliphatic carbocycles. The summed E-state index contributed by atoms with van der Waals surface area (Å²) in [5, 5.41) is 1.13. The van der Waals surface area contributed by atoms with E-state index in [4.69, 9.17) is 12.2 Å². The number of anilines is 2. The Balaban J connectivity index is 1.69. The van der Waals surface area contributed by atoms with E-state index in [2.05, 4.69) is 16.7 Å². The highest BCUT2D eigenvalue weighted by atomic mass is 32.2. The van der Waals surface area contributed by atoms with Crippen molar-refractivity contribution in [3.05, 3.63) is 65.2 Å². The normalized spacial score (nSPS) is 16.0. The van der Waals surface area contributed by atoms with Gasteiger partial charge in [0.25, 0.3) is 5.91 Å². The van der Waals surface area contributed by atoms with Gasteiger partial charge in [0, 0.05) is 49.5 Å². The molecule has 4 nitrogen and oxygen atoms in total. The van der Waals surface area contributed by atoms with Gasteiger partial charge in [-0.15, -0.1) is 0 Å². The third-order valence-corrected chi connectivity index (χ3v) is 5.93. The molecular weight excluding hydrogens is 374 g/mol. The Morgan fingerprint density at radius 3 is 2.48 bits per heavy atom. The van der Waals surface area contributed by atoms with Gasteiger partial charge >= 0.3 is 0 Å². The third-order valence-electron chi connectivity index (χ3n) is 4.63. The number of amides is 1. The van der Waals surface area contributed by atoms with Crippen molar-refractivity contribution in [1.82, 2.24) is 4.57 Å². The summed E-state index contributed by atoms with van der Waals surface area (Å²) < 4.78 is 2.63. The summed E-state index contributed by atoms with van der Waals surface area (Å²) in [6.45, 7) is 0. The van der Waals surface area contributed by atoms with Crippen LogP contribution in [0.5, 0.6) is 0 Å². The third kappa shape index (κ3) is 3.15. The lowest BCUT2D eigenvalue weighted by atomic mass is 10.1. The first kappa shape index (κ1) is 17.8. The lowest BCUT2D eigenvalue weighted by Crippen LogP contribution is -2.27. The molecule has 3 aromatic rings. The lowest BCUT2D eigenvalue weighted by Gasteiger charge is -2.17. The number of carbonyl (C=O) groups is 1. The van der Waals surface area contributed by atoms with Crippen molar-refractivity contribution in [1.29, 1.82) is 0 Å². The molecule has 0 N–H and O–H groups in total. The summed E-state index contributed by atoms with van der Waals surface area (Å²) in [5.74, 6) is -0.0736. The number of para-hydroxylation sites is 1. The number of fused-ring (bicyclic) bond motifs is 1. The van der Waals surface area contributed by atoms with Gasteiger partial charge in [-0.1, -0.05) is 42.2 Å². The summed E-state index contributed by atoms with van der Waals surface area (Å²) >= 11 is 6.84. The Labute approximate surface area is 168 Å². The zero-order valence-electron chi connectivity index (χ0n) is 15.3. The second-order valence-corrected chi connectivity index (χ2v) is 8.32. The molecule has 1 aliphatic heterocycles. The SMILES string of the molecule is CN(C)c1ccc(N2C(=O)C(=Cc3cn(C)c4ccccc34)SC2=S)cc1. The topological polar surface area (TPSA) is 28.5 Å². The minimum atomic E-state index is -0.0736. The number of thiocarbonyl (C=S) groups is 1. The minimum absolute atomic E-state index is 0.0736. The summed E-state index contributed by atoms with van der Waals surface area (Å²) in [5.41, 5.74) is 4.04. The van der Waals surface area contributed by atoms with Crippen LogP contribution in [0.1, 0.15) is 5.56 Å². The lowest BCUT2D eigenvalue weighted by molar-refractivity contribution is -0.113. The maximum Gasteiger partial charge on any atom is 0.270 e. The highest BCUT2D eigenvalue weighted by molar-refractivity contribution is 8.27. The molecule has 6 heteroatoms. The number of aromatic nitrogens is 1. The largest absolute Gasteiger partial charge is 0.378 e. The fraction of sp³-hybridized carbons (Fsp3) is 0.143. The molecule has 1 aliphatic rings. The first-order chi connectivity index (χ1) is 13.0. The highest BCUT2D eigenvalue weighted by Gasteiger charge is 2.33. The van der Waals surface area contributed by atoms with E-state index < -0.39 is 0 Å². The summed E-state index contributed by atoms with van der Waals surface area (Å²) in [6.07, 6.45) is 3.99. The Hall–Kier alpha value is -2.57. The quantitative estimate of drug-likeness (QED) is 0.478. The van der Waals surface area contributed by atoms with Crippen LogP contribution in [0, 0.1) is 0 Å². The smallest absolute Gasteiger partial charge is 0.270 e. The molecule has 0 saturated carbocycles. The van der Waals surface area contributed by atoms with Crippen molar-refractivity contribution in [3.8, 4) is 0 Å². The average molecular weight is 394 g/mol. The van der Waals surface area contributed by atoms with Crippen molar-refractivity contribution in [2.45, 2.75) is 0 Å². The molecule has 136 valence electrons. The monoisotopic (exact) mass is 393 g/mol. The van der Waals surface area contributed by atoms with Gasteiger partial charge in [-0.05, 0) is 36.4 Å². The van der Waals surface area contributed by atoms with Gasteiger partial charge in [0.2, 0.25) is 0 Å². The first-order valence-corrected chi connectivity index (χ1v) is 9.77. The van der Waals surface area contributed by atoms with Crippen LogP contribution in [0.15, 0.2) is 59.6 Å². The standard InChI is InChI=1S/C21H19N3OS2/c1-22(2)15-8-10-16(11-9-15)24-20(25)19(27-21(24)26)12-14-13-23(3)18-7-5-4-6-17(14)18/h4-13H,1-3H3.